The van der Waals surface area contributed by atoms with Crippen LogP contribution in [-0.2, 0) is 28.6 Å². The van der Waals surface area contributed by atoms with Crippen LogP contribution in [0.5, 0.6) is 0 Å². The van der Waals surface area contributed by atoms with Crippen molar-refractivity contribution in [1.29, 1.82) is 0 Å². The molecule has 6 nitrogen and oxygen atoms in total. The van der Waals surface area contributed by atoms with Gasteiger partial charge >= 0.3 is 17.9 Å². The van der Waals surface area contributed by atoms with Crippen molar-refractivity contribution < 1.29 is 28.6 Å². The van der Waals surface area contributed by atoms with Gasteiger partial charge in [-0.3, -0.25) is 14.4 Å². The van der Waals surface area contributed by atoms with Crippen molar-refractivity contribution in [2.75, 3.05) is 13.2 Å². The molecule has 0 bridgehead atoms. The molecule has 0 rings (SSSR count). The summed E-state index contributed by atoms with van der Waals surface area (Å²) in [5, 5.41) is 0. The molecule has 0 aliphatic heterocycles. The van der Waals surface area contributed by atoms with Crippen molar-refractivity contribution in [1.82, 2.24) is 0 Å². The molecule has 0 fully saturated rings. The van der Waals surface area contributed by atoms with E-state index >= 15 is 0 Å². The summed E-state index contributed by atoms with van der Waals surface area (Å²) in [4.78, 5) is 38.0. The van der Waals surface area contributed by atoms with Crippen LogP contribution < -0.4 is 0 Å². The Bertz CT molecular complexity index is 945. The molecule has 0 radical (unpaired) electrons. The Labute approximate surface area is 380 Å². The molecule has 0 aromatic heterocycles. The summed E-state index contributed by atoms with van der Waals surface area (Å²) >= 11 is 0. The highest BCUT2D eigenvalue weighted by Crippen LogP contribution is 2.18. The number of carbonyl (C=O) groups excluding carboxylic acids is 3. The molecule has 0 aromatic rings. The SMILES string of the molecule is CC(C)CCCCCCCCCCCCCCCC(=O)O[C@@H](COC(=O)CCCCCCCCCCCCCC(C)C)COC(=O)CCCCCCCCCCCCC(C)C. The fourth-order valence-electron chi connectivity index (χ4n) is 8.29. The molecule has 1 atom stereocenters. The predicted octanol–water partition coefficient (Wildman–Crippen LogP) is 17.6. The summed E-state index contributed by atoms with van der Waals surface area (Å²) in [6.45, 7) is 13.7. The molecule has 0 aromatic carbocycles. The molecule has 0 aliphatic carbocycles. The maximum Gasteiger partial charge on any atom is 0.306 e. The van der Waals surface area contributed by atoms with Gasteiger partial charge in [0.15, 0.2) is 6.10 Å². The van der Waals surface area contributed by atoms with Crippen molar-refractivity contribution in [2.24, 2.45) is 17.8 Å². The first-order chi connectivity index (χ1) is 29.6. The molecular weight excluding hydrogens is 757 g/mol. The van der Waals surface area contributed by atoms with E-state index in [1.54, 1.807) is 0 Å². The topological polar surface area (TPSA) is 78.9 Å². The van der Waals surface area contributed by atoms with Crippen LogP contribution in [0, 0.1) is 17.8 Å². The highest BCUT2D eigenvalue weighted by molar-refractivity contribution is 5.71. The second-order valence-electron chi connectivity index (χ2n) is 20.3. The van der Waals surface area contributed by atoms with Gasteiger partial charge in [0.25, 0.3) is 0 Å². The van der Waals surface area contributed by atoms with E-state index in [4.69, 9.17) is 14.2 Å². The third kappa shape index (κ3) is 49.3. The molecule has 6 heteroatoms. The Balaban J connectivity index is 4.32. The predicted molar refractivity (Wildman–Crippen MR) is 261 cm³/mol. The van der Waals surface area contributed by atoms with E-state index in [0.29, 0.717) is 19.3 Å². The largest absolute Gasteiger partial charge is 0.462 e. The molecule has 0 saturated heterocycles. The fraction of sp³-hybridized carbons (Fsp3) is 0.945. The molecule has 0 heterocycles. The molecule has 0 saturated carbocycles. The Morgan fingerprint density at radius 2 is 0.475 bits per heavy atom. The summed E-state index contributed by atoms with van der Waals surface area (Å²) in [6, 6.07) is 0. The molecule has 0 spiro atoms. The summed E-state index contributed by atoms with van der Waals surface area (Å²) in [5.41, 5.74) is 0. The molecule has 362 valence electrons. The monoisotopic (exact) mass is 863 g/mol. The van der Waals surface area contributed by atoms with Crippen LogP contribution in [-0.4, -0.2) is 37.2 Å². The van der Waals surface area contributed by atoms with Crippen LogP contribution >= 0.6 is 0 Å². The number of rotatable bonds is 48. The van der Waals surface area contributed by atoms with Crippen molar-refractivity contribution in [3.8, 4) is 0 Å². The highest BCUT2D eigenvalue weighted by atomic mass is 16.6. The third-order valence-corrected chi connectivity index (χ3v) is 12.4. The van der Waals surface area contributed by atoms with Crippen LogP contribution in [0.25, 0.3) is 0 Å². The van der Waals surface area contributed by atoms with Gasteiger partial charge in [-0.2, -0.15) is 0 Å². The van der Waals surface area contributed by atoms with Gasteiger partial charge in [-0.15, -0.1) is 0 Å². The number of carbonyl (C=O) groups is 3. The number of ether oxygens (including phenoxy) is 3. The van der Waals surface area contributed by atoms with E-state index in [2.05, 4.69) is 41.5 Å². The van der Waals surface area contributed by atoms with E-state index in [1.807, 2.05) is 0 Å². The van der Waals surface area contributed by atoms with Crippen molar-refractivity contribution in [2.45, 2.75) is 304 Å². The summed E-state index contributed by atoms with van der Waals surface area (Å²) in [5.74, 6) is 1.63. The summed E-state index contributed by atoms with van der Waals surface area (Å²) in [6.07, 6.45) is 46.6. The third-order valence-electron chi connectivity index (χ3n) is 12.4. The van der Waals surface area contributed by atoms with Crippen LogP contribution in [0.15, 0.2) is 0 Å². The summed E-state index contributed by atoms with van der Waals surface area (Å²) in [7, 11) is 0. The lowest BCUT2D eigenvalue weighted by atomic mass is 10.0. The lowest BCUT2D eigenvalue weighted by Crippen LogP contribution is -2.30. The van der Waals surface area contributed by atoms with Crippen molar-refractivity contribution in [3.63, 3.8) is 0 Å². The number of esters is 3. The van der Waals surface area contributed by atoms with E-state index in [9.17, 15) is 14.4 Å². The van der Waals surface area contributed by atoms with Gasteiger partial charge in [-0.05, 0) is 37.0 Å². The molecular formula is C55H106O6. The van der Waals surface area contributed by atoms with E-state index in [0.717, 1.165) is 75.5 Å². The Morgan fingerprint density at radius 1 is 0.279 bits per heavy atom. The molecule has 0 aliphatic rings. The van der Waals surface area contributed by atoms with Gasteiger partial charge < -0.3 is 14.2 Å². The Hall–Kier alpha value is -1.59. The second-order valence-corrected chi connectivity index (χ2v) is 20.3. The zero-order valence-corrected chi connectivity index (χ0v) is 42.0. The first kappa shape index (κ1) is 59.4. The average Bonchev–Trinajstić information content (AvgIpc) is 3.22. The lowest BCUT2D eigenvalue weighted by molar-refractivity contribution is -0.167. The molecule has 61 heavy (non-hydrogen) atoms. The maximum absolute atomic E-state index is 12.8. The van der Waals surface area contributed by atoms with E-state index < -0.39 is 6.10 Å². The average molecular weight is 863 g/mol. The van der Waals surface area contributed by atoms with Gasteiger partial charge in [0.1, 0.15) is 13.2 Å². The van der Waals surface area contributed by atoms with Gasteiger partial charge in [0.2, 0.25) is 0 Å². The van der Waals surface area contributed by atoms with Crippen LogP contribution in [0.1, 0.15) is 298 Å². The quantitative estimate of drug-likeness (QED) is 0.0344. The molecule has 0 N–H and O–H groups in total. The van der Waals surface area contributed by atoms with E-state index in [-0.39, 0.29) is 31.1 Å². The first-order valence-electron chi connectivity index (χ1n) is 27.1. The smallest absolute Gasteiger partial charge is 0.306 e. The van der Waals surface area contributed by atoms with Crippen LogP contribution in [0.4, 0.5) is 0 Å². The highest BCUT2D eigenvalue weighted by Gasteiger charge is 2.19. The number of unbranched alkanes of at least 4 members (excludes halogenated alkanes) is 31. The normalized spacial score (nSPS) is 12.1. The zero-order chi connectivity index (χ0) is 44.9. The number of hydrogen-bond donors (Lipinski definition) is 0. The standard InChI is InChI=1S/C55H106O6/c1-49(2)41-35-29-23-17-11-8-7-9-13-22-28-34-40-46-55(58)61-52(48-60-54(57)45-39-33-27-21-16-15-19-25-31-37-43-51(5)6)47-59-53(56)44-38-32-26-20-14-10-12-18-24-30-36-42-50(3)4/h49-52H,7-48H2,1-6H3/t52-/m0/s1. The van der Waals surface area contributed by atoms with E-state index in [1.165, 1.54) is 180 Å². The maximum atomic E-state index is 12.8. The molecule has 0 amide bonds. The van der Waals surface area contributed by atoms with Gasteiger partial charge in [-0.25, -0.2) is 0 Å². The van der Waals surface area contributed by atoms with Gasteiger partial charge in [-0.1, -0.05) is 260 Å². The molecule has 0 unspecified atom stereocenters. The minimum Gasteiger partial charge on any atom is -0.462 e. The van der Waals surface area contributed by atoms with Gasteiger partial charge in [0.05, 0.1) is 0 Å². The van der Waals surface area contributed by atoms with Crippen molar-refractivity contribution in [3.05, 3.63) is 0 Å². The summed E-state index contributed by atoms with van der Waals surface area (Å²) < 4.78 is 16.8. The fourth-order valence-corrected chi connectivity index (χ4v) is 8.29. The Kier molecular flexibility index (Phi) is 45.2. The van der Waals surface area contributed by atoms with Crippen molar-refractivity contribution >= 4 is 17.9 Å². The lowest BCUT2D eigenvalue weighted by Gasteiger charge is -2.18. The minimum absolute atomic E-state index is 0.0643. The number of hydrogen-bond acceptors (Lipinski definition) is 6. The van der Waals surface area contributed by atoms with Crippen LogP contribution in [0.2, 0.25) is 0 Å². The Morgan fingerprint density at radius 3 is 0.705 bits per heavy atom. The first-order valence-corrected chi connectivity index (χ1v) is 27.1. The minimum atomic E-state index is -0.763. The second kappa shape index (κ2) is 46.4. The van der Waals surface area contributed by atoms with Crippen LogP contribution in [0.3, 0.4) is 0 Å². The van der Waals surface area contributed by atoms with Gasteiger partial charge in [0, 0.05) is 19.3 Å². The zero-order valence-electron chi connectivity index (χ0n) is 42.0.